The first-order chi connectivity index (χ1) is 11.3. The van der Waals surface area contributed by atoms with Gasteiger partial charge >= 0.3 is 0 Å². The third-order valence-corrected chi connectivity index (χ3v) is 4.49. The average Bonchev–Trinajstić information content (AvgIpc) is 3.41. The molecule has 1 fully saturated rings. The van der Waals surface area contributed by atoms with Gasteiger partial charge in [0.15, 0.2) is 0 Å². The summed E-state index contributed by atoms with van der Waals surface area (Å²) in [6, 6.07) is 20.5. The zero-order valence-electron chi connectivity index (χ0n) is 13.0. The summed E-state index contributed by atoms with van der Waals surface area (Å²) in [4.78, 5) is 2.27. The minimum Gasteiger partial charge on any atom is -0.390 e. The van der Waals surface area contributed by atoms with Crippen LogP contribution in [0.3, 0.4) is 0 Å². The van der Waals surface area contributed by atoms with Crippen molar-refractivity contribution in [3.05, 3.63) is 71.8 Å². The number of halogens is 1. The maximum absolute atomic E-state index is 10.4. The van der Waals surface area contributed by atoms with Gasteiger partial charge in [0, 0.05) is 13.1 Å². The van der Waals surface area contributed by atoms with E-state index in [0.29, 0.717) is 6.61 Å². The summed E-state index contributed by atoms with van der Waals surface area (Å²) >= 11 is 5.94. The molecule has 4 heteroatoms. The molecule has 0 aliphatic carbocycles. The number of aliphatic hydroxyl groups excluding tert-OH is 1. The lowest BCUT2D eigenvalue weighted by molar-refractivity contribution is 0.0357. The van der Waals surface area contributed by atoms with Gasteiger partial charge in [0.2, 0.25) is 0 Å². The van der Waals surface area contributed by atoms with Crippen LogP contribution in [0.4, 0.5) is 0 Å². The van der Waals surface area contributed by atoms with Crippen LogP contribution in [0.5, 0.6) is 0 Å². The molecule has 2 aromatic rings. The molecule has 1 aliphatic heterocycles. The van der Waals surface area contributed by atoms with E-state index in [-0.39, 0.29) is 18.0 Å². The van der Waals surface area contributed by atoms with Gasteiger partial charge in [-0.1, -0.05) is 60.7 Å². The molecule has 0 bridgehead atoms. The first kappa shape index (κ1) is 16.5. The highest BCUT2D eigenvalue weighted by Crippen LogP contribution is 2.26. The first-order valence-corrected chi connectivity index (χ1v) is 8.49. The SMILES string of the molecule is O[C@@H](CCl)[C@@H]([C@H]1CO1)N(Cc1ccccc1)Cc1ccccc1. The van der Waals surface area contributed by atoms with E-state index in [1.165, 1.54) is 11.1 Å². The second kappa shape index (κ2) is 7.93. The minimum atomic E-state index is -0.600. The summed E-state index contributed by atoms with van der Waals surface area (Å²) in [5, 5.41) is 10.4. The van der Waals surface area contributed by atoms with Gasteiger partial charge in [-0.2, -0.15) is 0 Å². The normalized spacial score (nSPS) is 19.5. The van der Waals surface area contributed by atoms with Gasteiger partial charge in [-0.3, -0.25) is 4.90 Å². The zero-order valence-corrected chi connectivity index (χ0v) is 13.8. The smallest absolute Gasteiger partial charge is 0.0990 e. The van der Waals surface area contributed by atoms with Crippen molar-refractivity contribution in [1.82, 2.24) is 4.90 Å². The van der Waals surface area contributed by atoms with Gasteiger partial charge in [0.05, 0.1) is 30.7 Å². The molecule has 2 aromatic carbocycles. The van der Waals surface area contributed by atoms with Gasteiger partial charge in [-0.25, -0.2) is 0 Å². The number of ether oxygens (including phenoxy) is 1. The molecule has 1 saturated heterocycles. The number of benzene rings is 2. The molecule has 1 aliphatic rings. The highest BCUT2D eigenvalue weighted by molar-refractivity contribution is 6.18. The minimum absolute atomic E-state index is 0.0659. The lowest BCUT2D eigenvalue weighted by atomic mass is 10.0. The van der Waals surface area contributed by atoms with Crippen molar-refractivity contribution < 1.29 is 9.84 Å². The number of nitrogens with zero attached hydrogens (tertiary/aromatic N) is 1. The van der Waals surface area contributed by atoms with Crippen molar-refractivity contribution >= 4 is 11.6 Å². The quantitative estimate of drug-likeness (QED) is 0.596. The molecule has 3 nitrogen and oxygen atoms in total. The third-order valence-electron chi connectivity index (χ3n) is 4.17. The topological polar surface area (TPSA) is 36.0 Å². The Balaban J connectivity index is 1.82. The molecule has 0 spiro atoms. The molecular weight excluding hydrogens is 310 g/mol. The predicted octanol–water partition coefficient (Wildman–Crippen LogP) is 3.06. The molecule has 3 rings (SSSR count). The Morgan fingerprint density at radius 1 is 1.00 bits per heavy atom. The zero-order chi connectivity index (χ0) is 16.1. The van der Waals surface area contributed by atoms with Crippen LogP contribution in [0, 0.1) is 0 Å². The second-order valence-electron chi connectivity index (χ2n) is 5.96. The lowest BCUT2D eigenvalue weighted by Gasteiger charge is -2.33. The number of epoxide rings is 1. The highest BCUT2D eigenvalue weighted by Gasteiger charge is 2.41. The van der Waals surface area contributed by atoms with E-state index >= 15 is 0 Å². The van der Waals surface area contributed by atoms with Gasteiger partial charge in [-0.15, -0.1) is 11.6 Å². The van der Waals surface area contributed by atoms with Crippen LogP contribution in [0.15, 0.2) is 60.7 Å². The molecule has 1 N–H and O–H groups in total. The van der Waals surface area contributed by atoms with Crippen molar-refractivity contribution in [3.63, 3.8) is 0 Å². The molecule has 23 heavy (non-hydrogen) atoms. The van der Waals surface area contributed by atoms with Crippen molar-refractivity contribution in [2.45, 2.75) is 31.3 Å². The number of hydrogen-bond donors (Lipinski definition) is 1. The number of rotatable bonds is 8. The predicted molar refractivity (Wildman–Crippen MR) is 92.4 cm³/mol. The van der Waals surface area contributed by atoms with Crippen LogP contribution in [0.2, 0.25) is 0 Å². The molecule has 0 radical (unpaired) electrons. The summed E-state index contributed by atoms with van der Waals surface area (Å²) in [5.41, 5.74) is 2.44. The molecule has 0 saturated carbocycles. The third kappa shape index (κ3) is 4.55. The Morgan fingerprint density at radius 3 is 1.87 bits per heavy atom. The molecule has 0 aromatic heterocycles. The summed E-state index contributed by atoms with van der Waals surface area (Å²) in [5.74, 6) is 0.213. The first-order valence-electron chi connectivity index (χ1n) is 7.95. The van der Waals surface area contributed by atoms with Crippen LogP contribution in [-0.2, 0) is 17.8 Å². The van der Waals surface area contributed by atoms with Gasteiger partial charge in [-0.05, 0) is 11.1 Å². The largest absolute Gasteiger partial charge is 0.390 e. The van der Waals surface area contributed by atoms with E-state index in [0.717, 1.165) is 13.1 Å². The Hall–Kier alpha value is -1.39. The standard InChI is InChI=1S/C19H22ClNO2/c20-11-17(22)19(18-14-23-18)21(12-15-7-3-1-4-8-15)13-16-9-5-2-6-10-16/h1-10,17-19,22H,11-14H2/t17-,18+,19-/m0/s1. The molecule has 0 amide bonds. The van der Waals surface area contributed by atoms with Crippen LogP contribution in [0.1, 0.15) is 11.1 Å². The van der Waals surface area contributed by atoms with Gasteiger partial charge < -0.3 is 9.84 Å². The molecule has 122 valence electrons. The Labute approximate surface area is 142 Å². The van der Waals surface area contributed by atoms with Crippen LogP contribution in [0.25, 0.3) is 0 Å². The van der Waals surface area contributed by atoms with E-state index < -0.39 is 6.10 Å². The number of hydrogen-bond acceptors (Lipinski definition) is 3. The summed E-state index contributed by atoms with van der Waals surface area (Å²) in [7, 11) is 0. The summed E-state index contributed by atoms with van der Waals surface area (Å²) < 4.78 is 5.49. The fraction of sp³-hybridized carbons (Fsp3) is 0.368. The van der Waals surface area contributed by atoms with E-state index in [1.807, 2.05) is 36.4 Å². The Morgan fingerprint density at radius 2 is 1.48 bits per heavy atom. The van der Waals surface area contributed by atoms with E-state index in [9.17, 15) is 5.11 Å². The van der Waals surface area contributed by atoms with E-state index in [4.69, 9.17) is 16.3 Å². The monoisotopic (exact) mass is 331 g/mol. The van der Waals surface area contributed by atoms with Crippen LogP contribution < -0.4 is 0 Å². The molecular formula is C19H22ClNO2. The van der Waals surface area contributed by atoms with Gasteiger partial charge in [0.1, 0.15) is 0 Å². The molecule has 1 heterocycles. The van der Waals surface area contributed by atoms with E-state index in [2.05, 4.69) is 29.2 Å². The lowest BCUT2D eigenvalue weighted by Crippen LogP contribution is -2.47. The maximum atomic E-state index is 10.4. The van der Waals surface area contributed by atoms with E-state index in [1.54, 1.807) is 0 Å². The Bertz CT molecular complexity index is 547. The van der Waals surface area contributed by atoms with Crippen molar-refractivity contribution in [2.75, 3.05) is 12.5 Å². The number of aliphatic hydroxyl groups is 1. The fourth-order valence-electron chi connectivity index (χ4n) is 2.97. The van der Waals surface area contributed by atoms with Crippen molar-refractivity contribution in [1.29, 1.82) is 0 Å². The summed E-state index contributed by atoms with van der Waals surface area (Å²) in [6.45, 7) is 2.21. The van der Waals surface area contributed by atoms with Crippen LogP contribution in [-0.4, -0.2) is 40.7 Å². The molecule has 0 unspecified atom stereocenters. The van der Waals surface area contributed by atoms with Crippen molar-refractivity contribution in [3.8, 4) is 0 Å². The summed E-state index contributed by atoms with van der Waals surface area (Å²) in [6.07, 6.45) is -0.534. The van der Waals surface area contributed by atoms with Crippen molar-refractivity contribution in [2.24, 2.45) is 0 Å². The molecule has 3 atom stereocenters. The number of alkyl halides is 1. The maximum Gasteiger partial charge on any atom is 0.0990 e. The Kier molecular flexibility index (Phi) is 5.68. The average molecular weight is 332 g/mol. The highest BCUT2D eigenvalue weighted by atomic mass is 35.5. The second-order valence-corrected chi connectivity index (χ2v) is 6.27. The van der Waals surface area contributed by atoms with Crippen LogP contribution >= 0.6 is 11.6 Å². The fourth-order valence-corrected chi connectivity index (χ4v) is 3.16. The van der Waals surface area contributed by atoms with Gasteiger partial charge in [0.25, 0.3) is 0 Å².